The van der Waals surface area contributed by atoms with E-state index in [1.54, 1.807) is 7.11 Å². The van der Waals surface area contributed by atoms with Crippen molar-refractivity contribution in [1.82, 2.24) is 20.5 Å². The molecule has 4 aromatic rings. The summed E-state index contributed by atoms with van der Waals surface area (Å²) < 4.78 is 6.10. The number of aromatic amines is 1. The van der Waals surface area contributed by atoms with Crippen LogP contribution in [0, 0.1) is 0 Å². The highest BCUT2D eigenvalue weighted by Gasteiger charge is 2.19. The molecule has 0 bridgehead atoms. The number of thioether (sulfide) groups is 1. The monoisotopic (exact) mass is 481 g/mol. The molecule has 2 aromatic carbocycles. The van der Waals surface area contributed by atoms with Gasteiger partial charge in [0.1, 0.15) is 5.75 Å². The summed E-state index contributed by atoms with van der Waals surface area (Å²) in [4.78, 5) is 16.0. The van der Waals surface area contributed by atoms with Crippen molar-refractivity contribution in [3.8, 4) is 5.75 Å². The smallest absolute Gasteiger partial charge is 0.230 e. The lowest BCUT2D eigenvalue weighted by atomic mass is 9.91. The molecule has 1 unspecified atom stereocenters. The zero-order valence-electron chi connectivity index (χ0n) is 18.6. The van der Waals surface area contributed by atoms with Gasteiger partial charge in [0.2, 0.25) is 11.0 Å². The Bertz CT molecular complexity index is 1190. The molecule has 2 heterocycles. The number of hydrogen-bond donors (Lipinski definition) is 3. The number of nitrogens with one attached hydrogen (secondary N) is 3. The molecular formula is C24H27N5O2S2. The van der Waals surface area contributed by atoms with Gasteiger partial charge in [-0.2, -0.15) is 0 Å². The van der Waals surface area contributed by atoms with Crippen molar-refractivity contribution >= 4 is 45.0 Å². The number of benzene rings is 2. The minimum absolute atomic E-state index is 0.00684. The first-order valence-electron chi connectivity index (χ1n) is 10.8. The first-order chi connectivity index (χ1) is 16.2. The number of hydrogen-bond acceptors (Lipinski definition) is 7. The number of fused-ring (bicyclic) bond motifs is 1. The van der Waals surface area contributed by atoms with Crippen molar-refractivity contribution in [1.29, 1.82) is 0 Å². The number of nitrogens with zero attached hydrogens (tertiary/aromatic N) is 2. The maximum Gasteiger partial charge on any atom is 0.230 e. The molecule has 0 fully saturated rings. The summed E-state index contributed by atoms with van der Waals surface area (Å²) in [6, 6.07) is 16.2. The summed E-state index contributed by atoms with van der Waals surface area (Å²) >= 11 is 2.88. The van der Waals surface area contributed by atoms with Gasteiger partial charge in [-0.05, 0) is 35.7 Å². The second-order valence-corrected chi connectivity index (χ2v) is 9.71. The van der Waals surface area contributed by atoms with Crippen molar-refractivity contribution in [2.24, 2.45) is 0 Å². The van der Waals surface area contributed by atoms with E-state index in [1.165, 1.54) is 23.1 Å². The van der Waals surface area contributed by atoms with Crippen LogP contribution in [0.25, 0.3) is 10.9 Å². The van der Waals surface area contributed by atoms with Gasteiger partial charge in [0.25, 0.3) is 0 Å². The highest BCUT2D eigenvalue weighted by Crippen LogP contribution is 2.31. The molecule has 1 amide bonds. The van der Waals surface area contributed by atoms with Crippen LogP contribution < -0.4 is 15.4 Å². The van der Waals surface area contributed by atoms with Crippen LogP contribution in [0.15, 0.2) is 59.1 Å². The Hall–Kier alpha value is -3.04. The number of para-hydroxylation sites is 1. The average molecular weight is 482 g/mol. The van der Waals surface area contributed by atoms with E-state index in [2.05, 4.69) is 57.0 Å². The molecule has 0 aliphatic heterocycles. The topological polar surface area (TPSA) is 91.9 Å². The Labute approximate surface area is 201 Å². The molecule has 0 saturated carbocycles. The van der Waals surface area contributed by atoms with Gasteiger partial charge in [-0.25, -0.2) is 0 Å². The standard InChI is InChI=1S/C24H27N5O2S2/c1-3-12-25-23-28-29-24(33-23)32-15-22(30)27-13-19(16-8-10-17(31-2)11-9-16)20-14-26-21-7-5-4-6-18(20)21/h4-11,14,19,26H,3,12-13,15H2,1-2H3,(H,25,28)(H,27,30). The summed E-state index contributed by atoms with van der Waals surface area (Å²) in [5.41, 5.74) is 3.35. The van der Waals surface area contributed by atoms with E-state index in [4.69, 9.17) is 4.74 Å². The fourth-order valence-corrected chi connectivity index (χ4v) is 5.20. The molecule has 0 spiro atoms. The minimum Gasteiger partial charge on any atom is -0.497 e. The Morgan fingerprint density at radius 1 is 1.18 bits per heavy atom. The number of methoxy groups -OCH3 is 1. The van der Waals surface area contributed by atoms with E-state index in [0.717, 1.165) is 50.2 Å². The minimum atomic E-state index is -0.0309. The number of ether oxygens (including phenoxy) is 1. The van der Waals surface area contributed by atoms with Crippen LogP contribution in [0.1, 0.15) is 30.4 Å². The number of H-pyrrole nitrogens is 1. The Morgan fingerprint density at radius 2 is 2.00 bits per heavy atom. The molecule has 172 valence electrons. The summed E-state index contributed by atoms with van der Waals surface area (Å²) in [7, 11) is 1.66. The first-order valence-corrected chi connectivity index (χ1v) is 12.6. The summed E-state index contributed by atoms with van der Waals surface area (Å²) in [6.07, 6.45) is 3.06. The van der Waals surface area contributed by atoms with E-state index in [9.17, 15) is 4.79 Å². The van der Waals surface area contributed by atoms with Crippen LogP contribution in [0.2, 0.25) is 0 Å². The van der Waals surface area contributed by atoms with Crippen molar-refractivity contribution in [2.45, 2.75) is 23.6 Å². The second kappa shape index (κ2) is 11.2. The predicted molar refractivity (Wildman–Crippen MR) is 136 cm³/mol. The fourth-order valence-electron chi connectivity index (χ4n) is 3.59. The largest absolute Gasteiger partial charge is 0.497 e. The van der Waals surface area contributed by atoms with Crippen molar-refractivity contribution in [3.05, 3.63) is 65.9 Å². The van der Waals surface area contributed by atoms with Crippen LogP contribution in [-0.2, 0) is 4.79 Å². The quantitative estimate of drug-likeness (QED) is 0.264. The Kier molecular flexibility index (Phi) is 7.85. The zero-order valence-corrected chi connectivity index (χ0v) is 20.3. The molecule has 0 aliphatic carbocycles. The number of carbonyl (C=O) groups is 1. The number of carbonyl (C=O) groups excluding carboxylic acids is 1. The lowest BCUT2D eigenvalue weighted by Gasteiger charge is -2.18. The Morgan fingerprint density at radius 3 is 2.79 bits per heavy atom. The zero-order chi connectivity index (χ0) is 23.0. The van der Waals surface area contributed by atoms with Gasteiger partial charge in [-0.3, -0.25) is 4.79 Å². The van der Waals surface area contributed by atoms with Gasteiger partial charge >= 0.3 is 0 Å². The van der Waals surface area contributed by atoms with E-state index in [1.807, 2.05) is 30.5 Å². The predicted octanol–water partition coefficient (Wildman–Crippen LogP) is 4.89. The van der Waals surface area contributed by atoms with Crippen LogP contribution in [0.4, 0.5) is 5.13 Å². The molecule has 33 heavy (non-hydrogen) atoms. The molecule has 1 atom stereocenters. The summed E-state index contributed by atoms with van der Waals surface area (Å²) in [6.45, 7) is 3.46. The molecular weight excluding hydrogens is 454 g/mol. The molecule has 4 rings (SSSR count). The molecule has 0 radical (unpaired) electrons. The van der Waals surface area contributed by atoms with E-state index in [0.29, 0.717) is 12.3 Å². The third-order valence-corrected chi connectivity index (χ3v) is 7.29. The van der Waals surface area contributed by atoms with E-state index in [-0.39, 0.29) is 11.8 Å². The van der Waals surface area contributed by atoms with Gasteiger partial charge in [-0.15, -0.1) is 10.2 Å². The van der Waals surface area contributed by atoms with Gasteiger partial charge in [0.05, 0.1) is 12.9 Å². The molecule has 9 heteroatoms. The van der Waals surface area contributed by atoms with E-state index >= 15 is 0 Å². The normalized spacial score (nSPS) is 11.9. The van der Waals surface area contributed by atoms with Crippen molar-refractivity contribution < 1.29 is 9.53 Å². The fraction of sp³-hybridized carbons (Fsp3) is 0.292. The van der Waals surface area contributed by atoms with E-state index < -0.39 is 0 Å². The third-order valence-electron chi connectivity index (χ3n) is 5.28. The lowest BCUT2D eigenvalue weighted by Crippen LogP contribution is -2.30. The first kappa shape index (κ1) is 23.1. The second-order valence-electron chi connectivity index (χ2n) is 7.51. The summed E-state index contributed by atoms with van der Waals surface area (Å²) in [5.74, 6) is 1.08. The maximum atomic E-state index is 12.6. The molecule has 3 N–H and O–H groups in total. The van der Waals surface area contributed by atoms with Crippen LogP contribution in [-0.4, -0.2) is 47.0 Å². The number of amides is 1. The van der Waals surface area contributed by atoms with Crippen LogP contribution in [0.3, 0.4) is 0 Å². The van der Waals surface area contributed by atoms with Crippen molar-refractivity contribution in [2.75, 3.05) is 31.3 Å². The Balaban J connectivity index is 1.44. The average Bonchev–Trinajstić information content (AvgIpc) is 3.49. The number of anilines is 1. The maximum absolute atomic E-state index is 12.6. The number of rotatable bonds is 11. The molecule has 2 aromatic heterocycles. The molecule has 0 saturated heterocycles. The highest BCUT2D eigenvalue weighted by atomic mass is 32.2. The number of aromatic nitrogens is 3. The third kappa shape index (κ3) is 5.85. The van der Waals surface area contributed by atoms with Gasteiger partial charge in [-0.1, -0.05) is 60.4 Å². The lowest BCUT2D eigenvalue weighted by molar-refractivity contribution is -0.118. The SMILES string of the molecule is CCCNc1nnc(SCC(=O)NCC(c2ccc(OC)cc2)c2c[nH]c3ccccc23)s1. The van der Waals surface area contributed by atoms with Crippen molar-refractivity contribution in [3.63, 3.8) is 0 Å². The summed E-state index contributed by atoms with van der Waals surface area (Å²) in [5, 5.41) is 16.5. The van der Waals surface area contributed by atoms with Crippen LogP contribution in [0.5, 0.6) is 5.75 Å². The van der Waals surface area contributed by atoms with Gasteiger partial charge < -0.3 is 20.4 Å². The highest BCUT2D eigenvalue weighted by molar-refractivity contribution is 8.01. The van der Waals surface area contributed by atoms with Gasteiger partial charge in [0, 0.05) is 36.1 Å². The molecule has 0 aliphatic rings. The molecule has 7 nitrogen and oxygen atoms in total. The van der Waals surface area contributed by atoms with Gasteiger partial charge in [0.15, 0.2) is 4.34 Å². The van der Waals surface area contributed by atoms with Crippen LogP contribution >= 0.6 is 23.1 Å².